The normalized spacial score (nSPS) is 10.0. The van der Waals surface area contributed by atoms with Crippen molar-refractivity contribution in [1.82, 2.24) is 0 Å². The predicted octanol–water partition coefficient (Wildman–Crippen LogP) is 1.93. The molecular formula is C14H19NO4. The van der Waals surface area contributed by atoms with Crippen molar-refractivity contribution in [3.8, 4) is 11.5 Å². The first-order chi connectivity index (χ1) is 9.04. The molecular weight excluding hydrogens is 246 g/mol. The molecule has 0 atom stereocenters. The summed E-state index contributed by atoms with van der Waals surface area (Å²) in [6.45, 7) is 1.97. The Morgan fingerprint density at radius 3 is 2.53 bits per heavy atom. The van der Waals surface area contributed by atoms with Crippen LogP contribution in [-0.2, 0) is 4.79 Å². The molecule has 19 heavy (non-hydrogen) atoms. The van der Waals surface area contributed by atoms with Crippen LogP contribution in [0.2, 0.25) is 0 Å². The summed E-state index contributed by atoms with van der Waals surface area (Å²) < 4.78 is 10.7. The number of Topliss-reactive ketones (excluding diaryl/α,β-unsaturated/α-hetero) is 1. The third kappa shape index (κ3) is 4.99. The molecule has 0 spiro atoms. The highest BCUT2D eigenvalue weighted by Crippen LogP contribution is 2.28. The Bertz CT molecular complexity index is 457. The molecule has 0 bridgehead atoms. The maximum Gasteiger partial charge on any atom is 0.217 e. The van der Waals surface area contributed by atoms with E-state index in [4.69, 9.17) is 15.2 Å². The Morgan fingerprint density at radius 2 is 1.95 bits per heavy atom. The number of carbonyl (C=O) groups excluding carboxylic acids is 2. The van der Waals surface area contributed by atoms with Gasteiger partial charge in [0, 0.05) is 12.0 Å². The molecule has 0 heterocycles. The fourth-order valence-electron chi connectivity index (χ4n) is 1.59. The zero-order valence-electron chi connectivity index (χ0n) is 11.3. The lowest BCUT2D eigenvalue weighted by molar-refractivity contribution is -0.118. The van der Waals surface area contributed by atoms with Gasteiger partial charge in [0.1, 0.15) is 0 Å². The standard InChI is InChI=1S/C14H19NO4/c1-10(16)11-6-7-12(13(9-11)18-2)19-8-4-3-5-14(15)17/h6-7,9H,3-5,8H2,1-2H3,(H2,15,17). The Morgan fingerprint density at radius 1 is 1.21 bits per heavy atom. The molecule has 0 saturated carbocycles. The van der Waals surface area contributed by atoms with Crippen LogP contribution in [0.1, 0.15) is 36.5 Å². The van der Waals surface area contributed by atoms with Crippen molar-refractivity contribution in [3.63, 3.8) is 0 Å². The van der Waals surface area contributed by atoms with Crippen LogP contribution < -0.4 is 15.2 Å². The summed E-state index contributed by atoms with van der Waals surface area (Å²) >= 11 is 0. The Hall–Kier alpha value is -2.04. The fourth-order valence-corrected chi connectivity index (χ4v) is 1.59. The van der Waals surface area contributed by atoms with Crippen molar-refractivity contribution in [3.05, 3.63) is 23.8 Å². The molecule has 0 aliphatic rings. The number of benzene rings is 1. The van der Waals surface area contributed by atoms with E-state index in [1.807, 2.05) is 0 Å². The molecule has 1 aromatic rings. The summed E-state index contributed by atoms with van der Waals surface area (Å²) in [7, 11) is 1.53. The van der Waals surface area contributed by atoms with Gasteiger partial charge in [0.25, 0.3) is 0 Å². The van der Waals surface area contributed by atoms with Gasteiger partial charge < -0.3 is 15.2 Å². The molecule has 5 heteroatoms. The molecule has 0 aromatic heterocycles. The van der Waals surface area contributed by atoms with Crippen molar-refractivity contribution in [2.24, 2.45) is 5.73 Å². The Labute approximate surface area is 112 Å². The number of amides is 1. The van der Waals surface area contributed by atoms with Crippen LogP contribution in [0.4, 0.5) is 0 Å². The van der Waals surface area contributed by atoms with Gasteiger partial charge >= 0.3 is 0 Å². The number of primary amides is 1. The summed E-state index contributed by atoms with van der Waals surface area (Å²) in [6.07, 6.45) is 1.80. The Balaban J connectivity index is 2.53. The molecule has 0 radical (unpaired) electrons. The summed E-state index contributed by atoms with van der Waals surface area (Å²) in [5, 5.41) is 0. The maximum absolute atomic E-state index is 11.2. The van der Waals surface area contributed by atoms with Crippen LogP contribution in [0, 0.1) is 0 Å². The highest BCUT2D eigenvalue weighted by atomic mass is 16.5. The van der Waals surface area contributed by atoms with Gasteiger partial charge in [-0.05, 0) is 38.0 Å². The second-order valence-corrected chi connectivity index (χ2v) is 4.19. The van der Waals surface area contributed by atoms with Crippen LogP contribution in [0.5, 0.6) is 11.5 Å². The molecule has 1 rings (SSSR count). The molecule has 5 nitrogen and oxygen atoms in total. The molecule has 104 valence electrons. The van der Waals surface area contributed by atoms with Gasteiger partial charge in [-0.2, -0.15) is 0 Å². The van der Waals surface area contributed by atoms with Gasteiger partial charge in [-0.15, -0.1) is 0 Å². The van der Waals surface area contributed by atoms with E-state index in [9.17, 15) is 9.59 Å². The zero-order chi connectivity index (χ0) is 14.3. The minimum absolute atomic E-state index is 0.0219. The van der Waals surface area contributed by atoms with Gasteiger partial charge in [0.15, 0.2) is 17.3 Å². The fraction of sp³-hybridized carbons (Fsp3) is 0.429. The van der Waals surface area contributed by atoms with Crippen LogP contribution in [0.3, 0.4) is 0 Å². The molecule has 0 unspecified atom stereocenters. The number of nitrogens with two attached hydrogens (primary N) is 1. The lowest BCUT2D eigenvalue weighted by Gasteiger charge is -2.11. The monoisotopic (exact) mass is 265 g/mol. The SMILES string of the molecule is COc1cc(C(C)=O)ccc1OCCCCC(N)=O. The molecule has 0 saturated heterocycles. The molecule has 2 N–H and O–H groups in total. The number of ketones is 1. The predicted molar refractivity (Wildman–Crippen MR) is 71.5 cm³/mol. The quantitative estimate of drug-likeness (QED) is 0.575. The second-order valence-electron chi connectivity index (χ2n) is 4.19. The minimum atomic E-state index is -0.302. The van der Waals surface area contributed by atoms with Crippen LogP contribution >= 0.6 is 0 Å². The van der Waals surface area contributed by atoms with E-state index < -0.39 is 0 Å². The first-order valence-corrected chi connectivity index (χ1v) is 6.14. The lowest BCUT2D eigenvalue weighted by Crippen LogP contribution is -2.10. The van der Waals surface area contributed by atoms with Crippen LogP contribution in [0.25, 0.3) is 0 Å². The van der Waals surface area contributed by atoms with Crippen molar-refractivity contribution >= 4 is 11.7 Å². The number of unbranched alkanes of at least 4 members (excludes halogenated alkanes) is 1. The van der Waals surface area contributed by atoms with Crippen molar-refractivity contribution in [2.75, 3.05) is 13.7 Å². The average Bonchev–Trinajstić information content (AvgIpc) is 2.37. The summed E-state index contributed by atoms with van der Waals surface area (Å²) in [5.74, 6) is 0.795. The second kappa shape index (κ2) is 7.41. The molecule has 0 aliphatic carbocycles. The van der Waals surface area contributed by atoms with E-state index in [1.165, 1.54) is 14.0 Å². The highest BCUT2D eigenvalue weighted by Gasteiger charge is 2.08. The highest BCUT2D eigenvalue weighted by molar-refractivity contribution is 5.94. The van der Waals surface area contributed by atoms with E-state index >= 15 is 0 Å². The van der Waals surface area contributed by atoms with E-state index in [2.05, 4.69) is 0 Å². The minimum Gasteiger partial charge on any atom is -0.493 e. The van der Waals surface area contributed by atoms with E-state index in [0.29, 0.717) is 36.5 Å². The van der Waals surface area contributed by atoms with Crippen LogP contribution in [-0.4, -0.2) is 25.4 Å². The summed E-state index contributed by atoms with van der Waals surface area (Å²) in [5.41, 5.74) is 5.63. The number of hydrogen-bond donors (Lipinski definition) is 1. The summed E-state index contributed by atoms with van der Waals surface area (Å²) in [4.78, 5) is 21.8. The van der Waals surface area contributed by atoms with Gasteiger partial charge in [0.05, 0.1) is 13.7 Å². The third-order valence-electron chi connectivity index (χ3n) is 2.65. The lowest BCUT2D eigenvalue weighted by atomic mass is 10.1. The molecule has 1 amide bonds. The third-order valence-corrected chi connectivity index (χ3v) is 2.65. The molecule has 0 fully saturated rings. The number of methoxy groups -OCH3 is 1. The van der Waals surface area contributed by atoms with E-state index in [1.54, 1.807) is 18.2 Å². The average molecular weight is 265 g/mol. The van der Waals surface area contributed by atoms with Gasteiger partial charge in [-0.3, -0.25) is 9.59 Å². The first-order valence-electron chi connectivity index (χ1n) is 6.14. The largest absolute Gasteiger partial charge is 0.493 e. The van der Waals surface area contributed by atoms with Crippen molar-refractivity contribution < 1.29 is 19.1 Å². The van der Waals surface area contributed by atoms with Crippen LogP contribution in [0.15, 0.2) is 18.2 Å². The topological polar surface area (TPSA) is 78.6 Å². The van der Waals surface area contributed by atoms with E-state index in [0.717, 1.165) is 6.42 Å². The van der Waals surface area contributed by atoms with E-state index in [-0.39, 0.29) is 11.7 Å². The smallest absolute Gasteiger partial charge is 0.217 e. The number of rotatable bonds is 8. The van der Waals surface area contributed by atoms with Gasteiger partial charge in [-0.25, -0.2) is 0 Å². The molecule has 0 aliphatic heterocycles. The van der Waals surface area contributed by atoms with Gasteiger partial charge in [-0.1, -0.05) is 0 Å². The summed E-state index contributed by atoms with van der Waals surface area (Å²) in [6, 6.07) is 5.06. The van der Waals surface area contributed by atoms with Gasteiger partial charge in [0.2, 0.25) is 5.91 Å². The first kappa shape index (κ1) is 15.0. The van der Waals surface area contributed by atoms with Crippen molar-refractivity contribution in [1.29, 1.82) is 0 Å². The zero-order valence-corrected chi connectivity index (χ0v) is 11.3. The number of carbonyl (C=O) groups is 2. The number of hydrogen-bond acceptors (Lipinski definition) is 4. The maximum atomic E-state index is 11.2. The Kier molecular flexibility index (Phi) is 5.85. The molecule has 1 aromatic carbocycles. The van der Waals surface area contributed by atoms with Crippen molar-refractivity contribution in [2.45, 2.75) is 26.2 Å². The number of ether oxygens (including phenoxy) is 2.